The van der Waals surface area contributed by atoms with E-state index < -0.39 is 0 Å². The summed E-state index contributed by atoms with van der Waals surface area (Å²) in [4.78, 5) is 9.88. The minimum absolute atomic E-state index is 0.753. The Morgan fingerprint density at radius 3 is 2.94 bits per heavy atom. The summed E-state index contributed by atoms with van der Waals surface area (Å²) >= 11 is 0. The van der Waals surface area contributed by atoms with Crippen molar-refractivity contribution in [2.45, 2.75) is 12.8 Å². The fraction of sp³-hybridized carbons (Fsp3) is 0.462. The zero-order chi connectivity index (χ0) is 13.0. The second kappa shape index (κ2) is 5.73. The van der Waals surface area contributed by atoms with Crippen LogP contribution in [-0.2, 0) is 0 Å². The quantitative estimate of drug-likeness (QED) is 0.538. The number of anilines is 2. The predicted molar refractivity (Wildman–Crippen MR) is 76.8 cm³/mol. The van der Waals surface area contributed by atoms with E-state index in [4.69, 9.17) is 5.73 Å². The minimum Gasteiger partial charge on any atom is -0.399 e. The van der Waals surface area contributed by atoms with E-state index in [9.17, 15) is 0 Å². The van der Waals surface area contributed by atoms with Gasteiger partial charge < -0.3 is 20.9 Å². The number of benzene rings is 1. The number of rotatable bonds is 6. The number of nitrogens with two attached hydrogens (primary N) is 1. The van der Waals surface area contributed by atoms with Crippen molar-refractivity contribution in [1.29, 1.82) is 0 Å². The molecule has 5 heteroatoms. The highest BCUT2D eigenvalue weighted by Crippen LogP contribution is 2.16. The average molecular weight is 247 g/mol. The monoisotopic (exact) mass is 247 g/mol. The van der Waals surface area contributed by atoms with Crippen molar-refractivity contribution < 1.29 is 0 Å². The number of aromatic nitrogens is 2. The SMILES string of the molecule is CN(C)CCCCNc1nc2ccc(N)cc2[nH]1. The van der Waals surface area contributed by atoms with Crippen LogP contribution in [0.15, 0.2) is 18.2 Å². The van der Waals surface area contributed by atoms with Crippen LogP contribution in [0.2, 0.25) is 0 Å². The van der Waals surface area contributed by atoms with Gasteiger partial charge in [-0.3, -0.25) is 0 Å². The third-order valence-corrected chi connectivity index (χ3v) is 2.83. The molecule has 0 atom stereocenters. The first-order valence-corrected chi connectivity index (χ1v) is 6.29. The molecule has 0 aliphatic rings. The molecule has 0 spiro atoms. The molecule has 1 aromatic carbocycles. The number of aromatic amines is 1. The van der Waals surface area contributed by atoms with Gasteiger partial charge in [0.05, 0.1) is 11.0 Å². The number of hydrogen-bond donors (Lipinski definition) is 3. The third kappa shape index (κ3) is 3.37. The van der Waals surface area contributed by atoms with E-state index in [2.05, 4.69) is 34.3 Å². The van der Waals surface area contributed by atoms with E-state index in [1.165, 1.54) is 6.42 Å². The third-order valence-electron chi connectivity index (χ3n) is 2.83. The molecule has 18 heavy (non-hydrogen) atoms. The van der Waals surface area contributed by atoms with Gasteiger partial charge in [0.15, 0.2) is 0 Å². The van der Waals surface area contributed by atoms with Gasteiger partial charge in [-0.25, -0.2) is 4.98 Å². The molecule has 0 unspecified atom stereocenters. The molecule has 2 rings (SSSR count). The van der Waals surface area contributed by atoms with Crippen molar-refractivity contribution in [2.24, 2.45) is 0 Å². The summed E-state index contributed by atoms with van der Waals surface area (Å²) in [6.07, 6.45) is 2.32. The lowest BCUT2D eigenvalue weighted by molar-refractivity contribution is 0.396. The van der Waals surface area contributed by atoms with E-state index in [0.29, 0.717) is 0 Å². The number of unbranched alkanes of at least 4 members (excludes halogenated alkanes) is 1. The van der Waals surface area contributed by atoms with Crippen LogP contribution < -0.4 is 11.1 Å². The molecule has 5 nitrogen and oxygen atoms in total. The van der Waals surface area contributed by atoms with Crippen LogP contribution in [0.1, 0.15) is 12.8 Å². The lowest BCUT2D eigenvalue weighted by atomic mass is 10.3. The van der Waals surface area contributed by atoms with E-state index >= 15 is 0 Å². The highest BCUT2D eigenvalue weighted by Gasteiger charge is 2.01. The molecule has 0 amide bonds. The van der Waals surface area contributed by atoms with Gasteiger partial charge in [0.2, 0.25) is 5.95 Å². The molecule has 0 saturated carbocycles. The van der Waals surface area contributed by atoms with Crippen molar-refractivity contribution in [2.75, 3.05) is 38.2 Å². The van der Waals surface area contributed by atoms with Crippen LogP contribution in [0.25, 0.3) is 11.0 Å². The van der Waals surface area contributed by atoms with Crippen molar-refractivity contribution in [3.63, 3.8) is 0 Å². The molecule has 0 fully saturated rings. The maximum atomic E-state index is 5.73. The smallest absolute Gasteiger partial charge is 0.201 e. The van der Waals surface area contributed by atoms with Gasteiger partial charge in [-0.2, -0.15) is 0 Å². The molecule has 0 bridgehead atoms. The molecule has 0 radical (unpaired) electrons. The normalized spacial score (nSPS) is 11.3. The Kier molecular flexibility index (Phi) is 4.04. The van der Waals surface area contributed by atoms with Crippen LogP contribution in [-0.4, -0.2) is 42.1 Å². The van der Waals surface area contributed by atoms with E-state index in [1.54, 1.807) is 0 Å². The Bertz CT molecular complexity index is 503. The van der Waals surface area contributed by atoms with Gasteiger partial charge in [0.25, 0.3) is 0 Å². The number of nitrogens with one attached hydrogen (secondary N) is 2. The number of nitrogen functional groups attached to an aromatic ring is 1. The number of fused-ring (bicyclic) bond motifs is 1. The van der Waals surface area contributed by atoms with Crippen molar-refractivity contribution >= 4 is 22.7 Å². The molecular formula is C13H21N5. The first kappa shape index (κ1) is 12.7. The summed E-state index contributed by atoms with van der Waals surface area (Å²) in [5.74, 6) is 0.820. The lowest BCUT2D eigenvalue weighted by Gasteiger charge is -2.08. The van der Waals surface area contributed by atoms with Crippen LogP contribution in [0.4, 0.5) is 11.6 Å². The Hall–Kier alpha value is -1.75. The molecule has 1 aromatic heterocycles. The second-order valence-corrected chi connectivity index (χ2v) is 4.80. The zero-order valence-corrected chi connectivity index (χ0v) is 11.0. The van der Waals surface area contributed by atoms with Crippen LogP contribution >= 0.6 is 0 Å². The average Bonchev–Trinajstić information content (AvgIpc) is 2.70. The second-order valence-electron chi connectivity index (χ2n) is 4.80. The van der Waals surface area contributed by atoms with Gasteiger partial charge in [-0.1, -0.05) is 0 Å². The van der Waals surface area contributed by atoms with E-state index in [-0.39, 0.29) is 0 Å². The maximum Gasteiger partial charge on any atom is 0.201 e. The van der Waals surface area contributed by atoms with Crippen LogP contribution in [0, 0.1) is 0 Å². The zero-order valence-electron chi connectivity index (χ0n) is 11.0. The van der Waals surface area contributed by atoms with Gasteiger partial charge in [0.1, 0.15) is 0 Å². The fourth-order valence-electron chi connectivity index (χ4n) is 1.87. The lowest BCUT2D eigenvalue weighted by Crippen LogP contribution is -2.14. The van der Waals surface area contributed by atoms with Gasteiger partial charge in [-0.05, 0) is 51.7 Å². The Morgan fingerprint density at radius 2 is 2.17 bits per heavy atom. The standard InChI is InChI=1S/C13H21N5/c1-18(2)8-4-3-7-15-13-16-11-6-5-10(14)9-12(11)17-13/h5-6,9H,3-4,7-8,14H2,1-2H3,(H2,15,16,17). The Balaban J connectivity index is 1.84. The van der Waals surface area contributed by atoms with Gasteiger partial charge >= 0.3 is 0 Å². The Morgan fingerprint density at radius 1 is 1.33 bits per heavy atom. The first-order chi connectivity index (χ1) is 8.65. The van der Waals surface area contributed by atoms with Crippen molar-refractivity contribution in [3.05, 3.63) is 18.2 Å². The molecule has 1 heterocycles. The molecule has 0 aliphatic carbocycles. The molecule has 98 valence electrons. The summed E-state index contributed by atoms with van der Waals surface area (Å²) in [5.41, 5.74) is 8.40. The first-order valence-electron chi connectivity index (χ1n) is 6.29. The van der Waals surface area contributed by atoms with E-state index in [1.807, 2.05) is 18.2 Å². The number of hydrogen-bond acceptors (Lipinski definition) is 4. The number of H-pyrrole nitrogens is 1. The summed E-state index contributed by atoms with van der Waals surface area (Å²) in [6, 6.07) is 5.70. The predicted octanol–water partition coefficient (Wildman–Crippen LogP) is 1.90. The summed E-state index contributed by atoms with van der Waals surface area (Å²) in [5, 5.41) is 3.30. The number of nitrogens with zero attached hydrogens (tertiary/aromatic N) is 2. The Labute approximate surface area is 107 Å². The van der Waals surface area contributed by atoms with Gasteiger partial charge in [0, 0.05) is 12.2 Å². The number of imidazole rings is 1. The van der Waals surface area contributed by atoms with Crippen molar-refractivity contribution in [1.82, 2.24) is 14.9 Å². The van der Waals surface area contributed by atoms with E-state index in [0.717, 1.165) is 42.2 Å². The van der Waals surface area contributed by atoms with Crippen LogP contribution in [0.5, 0.6) is 0 Å². The molecule has 4 N–H and O–H groups in total. The highest BCUT2D eigenvalue weighted by molar-refractivity contribution is 5.80. The molecule has 2 aromatic rings. The minimum atomic E-state index is 0.753. The fourth-order valence-corrected chi connectivity index (χ4v) is 1.87. The largest absolute Gasteiger partial charge is 0.399 e. The molecule has 0 saturated heterocycles. The molecule has 0 aliphatic heterocycles. The highest BCUT2D eigenvalue weighted by atomic mass is 15.1. The van der Waals surface area contributed by atoms with Crippen molar-refractivity contribution in [3.8, 4) is 0 Å². The maximum absolute atomic E-state index is 5.73. The summed E-state index contributed by atoms with van der Waals surface area (Å²) in [7, 11) is 4.19. The summed E-state index contributed by atoms with van der Waals surface area (Å²) < 4.78 is 0. The molecular weight excluding hydrogens is 226 g/mol. The topological polar surface area (TPSA) is 70.0 Å². The van der Waals surface area contributed by atoms with Gasteiger partial charge in [-0.15, -0.1) is 0 Å². The van der Waals surface area contributed by atoms with Crippen LogP contribution in [0.3, 0.4) is 0 Å². The summed E-state index contributed by atoms with van der Waals surface area (Å²) in [6.45, 7) is 2.06.